The van der Waals surface area contributed by atoms with E-state index in [9.17, 15) is 0 Å². The Hall–Kier alpha value is -3.72. The van der Waals surface area contributed by atoms with E-state index in [1.807, 2.05) is 40.0 Å². The lowest BCUT2D eigenvalue weighted by molar-refractivity contribution is 0.411. The number of hydrogen-bond donors (Lipinski definition) is 1. The lowest BCUT2D eigenvalue weighted by Crippen LogP contribution is -2.05. The summed E-state index contributed by atoms with van der Waals surface area (Å²) in [5, 5.41) is 13.2. The molecule has 34 heavy (non-hydrogen) atoms. The minimum Gasteiger partial charge on any atom is -0.496 e. The molecule has 0 spiro atoms. The van der Waals surface area contributed by atoms with Crippen molar-refractivity contribution in [3.05, 3.63) is 94.1 Å². The van der Waals surface area contributed by atoms with Gasteiger partial charge >= 0.3 is 0 Å². The van der Waals surface area contributed by atoms with Gasteiger partial charge < -0.3 is 10.1 Å². The quantitative estimate of drug-likeness (QED) is 0.318. The third kappa shape index (κ3) is 4.65. The van der Waals surface area contributed by atoms with Crippen LogP contribution in [0.2, 0.25) is 0 Å². The highest BCUT2D eigenvalue weighted by molar-refractivity contribution is 9.10. The van der Waals surface area contributed by atoms with Crippen LogP contribution in [0.4, 0.5) is 5.82 Å². The van der Waals surface area contributed by atoms with E-state index in [4.69, 9.17) is 4.74 Å². The van der Waals surface area contributed by atoms with Gasteiger partial charge in [0, 0.05) is 29.6 Å². The highest BCUT2D eigenvalue weighted by atomic mass is 79.9. The van der Waals surface area contributed by atoms with Crippen LogP contribution in [0.1, 0.15) is 22.3 Å². The standard InChI is InChI=1S/C25H24BrN7O/c1-17-20(22(26)8-9-23(17)34-2)12-27-24-21-15-33(31-25(21)29-16-28-24)14-19-6-4-18(5-7-19)13-32-11-3-10-30-32/h3-11,15-16H,12-14H2,1-2H3,(H,27,28,29,31). The fourth-order valence-corrected chi connectivity index (χ4v) is 4.51. The third-order valence-corrected chi connectivity index (χ3v) is 6.52. The molecule has 3 aromatic heterocycles. The molecule has 1 N–H and O–H groups in total. The summed E-state index contributed by atoms with van der Waals surface area (Å²) in [5.74, 6) is 1.61. The SMILES string of the molecule is COc1ccc(Br)c(CNc2ncnc3nn(Cc4ccc(Cn5cccn5)cc4)cc23)c1C. The first kappa shape index (κ1) is 22.1. The molecule has 0 amide bonds. The molecule has 0 unspecified atom stereocenters. The molecule has 5 rings (SSSR count). The first-order valence-corrected chi connectivity index (χ1v) is 11.7. The smallest absolute Gasteiger partial charge is 0.186 e. The van der Waals surface area contributed by atoms with Crippen LogP contribution >= 0.6 is 15.9 Å². The predicted molar refractivity (Wildman–Crippen MR) is 135 cm³/mol. The van der Waals surface area contributed by atoms with E-state index in [1.165, 1.54) is 5.56 Å². The molecule has 0 fully saturated rings. The number of ether oxygens (including phenoxy) is 1. The average Bonchev–Trinajstić information content (AvgIpc) is 3.50. The Kier molecular flexibility index (Phi) is 6.27. The Labute approximate surface area is 205 Å². The van der Waals surface area contributed by atoms with Gasteiger partial charge in [0.1, 0.15) is 17.9 Å². The van der Waals surface area contributed by atoms with E-state index in [2.05, 4.69) is 72.6 Å². The largest absolute Gasteiger partial charge is 0.496 e. The molecule has 0 bridgehead atoms. The van der Waals surface area contributed by atoms with Crippen LogP contribution in [0.25, 0.3) is 11.0 Å². The first-order chi connectivity index (χ1) is 16.6. The number of nitrogens with one attached hydrogen (secondary N) is 1. The van der Waals surface area contributed by atoms with Crippen molar-refractivity contribution in [1.29, 1.82) is 0 Å². The fraction of sp³-hybridized carbons (Fsp3) is 0.200. The number of aromatic nitrogens is 6. The van der Waals surface area contributed by atoms with Gasteiger partial charge in [0.25, 0.3) is 0 Å². The maximum Gasteiger partial charge on any atom is 0.186 e. The van der Waals surface area contributed by atoms with Crippen molar-refractivity contribution in [3.63, 3.8) is 0 Å². The molecular formula is C25H24BrN7O. The Balaban J connectivity index is 1.32. The van der Waals surface area contributed by atoms with Gasteiger partial charge in [0.2, 0.25) is 0 Å². The van der Waals surface area contributed by atoms with Crippen molar-refractivity contribution < 1.29 is 4.74 Å². The van der Waals surface area contributed by atoms with E-state index in [1.54, 1.807) is 19.6 Å². The first-order valence-electron chi connectivity index (χ1n) is 10.9. The topological polar surface area (TPSA) is 82.7 Å². The number of hydrogen-bond acceptors (Lipinski definition) is 6. The van der Waals surface area contributed by atoms with Crippen molar-refractivity contribution in [2.75, 3.05) is 12.4 Å². The summed E-state index contributed by atoms with van der Waals surface area (Å²) in [6, 6.07) is 14.4. The summed E-state index contributed by atoms with van der Waals surface area (Å²) in [4.78, 5) is 8.82. The Morgan fingerprint density at radius 3 is 2.47 bits per heavy atom. The molecule has 2 aromatic carbocycles. The predicted octanol–water partition coefficient (Wildman–Crippen LogP) is 4.81. The lowest BCUT2D eigenvalue weighted by atomic mass is 10.1. The Bertz CT molecular complexity index is 1410. The van der Waals surface area contributed by atoms with E-state index in [0.29, 0.717) is 18.7 Å². The minimum absolute atomic E-state index is 0.596. The van der Waals surface area contributed by atoms with Crippen molar-refractivity contribution in [1.82, 2.24) is 29.5 Å². The van der Waals surface area contributed by atoms with Gasteiger partial charge in [-0.05, 0) is 47.4 Å². The van der Waals surface area contributed by atoms with Crippen LogP contribution in [0, 0.1) is 6.92 Å². The van der Waals surface area contributed by atoms with Crippen molar-refractivity contribution in [2.45, 2.75) is 26.6 Å². The van der Waals surface area contributed by atoms with Crippen LogP contribution in [0.15, 0.2) is 71.9 Å². The summed E-state index contributed by atoms with van der Waals surface area (Å²) in [5.41, 5.74) is 5.23. The average molecular weight is 518 g/mol. The van der Waals surface area contributed by atoms with E-state index in [0.717, 1.165) is 44.7 Å². The molecule has 0 atom stereocenters. The van der Waals surface area contributed by atoms with Crippen molar-refractivity contribution in [3.8, 4) is 5.75 Å². The Morgan fingerprint density at radius 1 is 1.00 bits per heavy atom. The van der Waals surface area contributed by atoms with Gasteiger partial charge in [0.15, 0.2) is 5.65 Å². The van der Waals surface area contributed by atoms with E-state index >= 15 is 0 Å². The van der Waals surface area contributed by atoms with Crippen LogP contribution in [0.5, 0.6) is 5.75 Å². The number of benzene rings is 2. The third-order valence-electron chi connectivity index (χ3n) is 5.78. The maximum atomic E-state index is 5.46. The molecule has 0 radical (unpaired) electrons. The van der Waals surface area contributed by atoms with Gasteiger partial charge in [-0.1, -0.05) is 40.2 Å². The summed E-state index contributed by atoms with van der Waals surface area (Å²) in [6.45, 7) is 4.05. The molecule has 9 heteroatoms. The minimum atomic E-state index is 0.596. The number of anilines is 1. The lowest BCUT2D eigenvalue weighted by Gasteiger charge is -2.14. The molecule has 0 aliphatic carbocycles. The molecule has 0 saturated heterocycles. The molecule has 0 aliphatic heterocycles. The second-order valence-electron chi connectivity index (χ2n) is 8.01. The highest BCUT2D eigenvalue weighted by Gasteiger charge is 2.12. The second-order valence-corrected chi connectivity index (χ2v) is 8.87. The fourth-order valence-electron chi connectivity index (χ4n) is 3.94. The molecule has 0 saturated carbocycles. The Morgan fingerprint density at radius 2 is 1.76 bits per heavy atom. The van der Waals surface area contributed by atoms with Crippen LogP contribution in [-0.4, -0.2) is 36.6 Å². The van der Waals surface area contributed by atoms with Gasteiger partial charge in [0.05, 0.1) is 25.6 Å². The molecule has 3 heterocycles. The van der Waals surface area contributed by atoms with Crippen LogP contribution in [0.3, 0.4) is 0 Å². The number of fused-ring (bicyclic) bond motifs is 1. The number of nitrogens with zero attached hydrogens (tertiary/aromatic N) is 6. The summed E-state index contributed by atoms with van der Waals surface area (Å²) in [6.07, 6.45) is 7.28. The molecular weight excluding hydrogens is 494 g/mol. The molecule has 0 aliphatic rings. The number of methoxy groups -OCH3 is 1. The summed E-state index contributed by atoms with van der Waals surface area (Å²) >= 11 is 3.65. The monoisotopic (exact) mass is 517 g/mol. The zero-order valence-corrected chi connectivity index (χ0v) is 20.5. The molecule has 172 valence electrons. The summed E-state index contributed by atoms with van der Waals surface area (Å²) < 4.78 is 10.3. The zero-order chi connectivity index (χ0) is 23.5. The van der Waals surface area contributed by atoms with Gasteiger partial charge in [-0.2, -0.15) is 10.2 Å². The molecule has 8 nitrogen and oxygen atoms in total. The van der Waals surface area contributed by atoms with Crippen LogP contribution < -0.4 is 10.1 Å². The number of rotatable bonds is 8. The normalized spacial score (nSPS) is 11.1. The van der Waals surface area contributed by atoms with E-state index < -0.39 is 0 Å². The van der Waals surface area contributed by atoms with E-state index in [-0.39, 0.29) is 0 Å². The van der Waals surface area contributed by atoms with Crippen LogP contribution in [-0.2, 0) is 19.6 Å². The second kappa shape index (κ2) is 9.64. The highest BCUT2D eigenvalue weighted by Crippen LogP contribution is 2.29. The summed E-state index contributed by atoms with van der Waals surface area (Å²) in [7, 11) is 1.68. The van der Waals surface area contributed by atoms with Gasteiger partial charge in [-0.3, -0.25) is 9.36 Å². The van der Waals surface area contributed by atoms with Crippen molar-refractivity contribution in [2.24, 2.45) is 0 Å². The van der Waals surface area contributed by atoms with Gasteiger partial charge in [-0.25, -0.2) is 9.97 Å². The maximum absolute atomic E-state index is 5.46. The molecule has 5 aromatic rings. The van der Waals surface area contributed by atoms with Crippen molar-refractivity contribution >= 4 is 32.8 Å². The zero-order valence-electron chi connectivity index (χ0n) is 18.9. The number of halogens is 1. The van der Waals surface area contributed by atoms with Gasteiger partial charge in [-0.15, -0.1) is 0 Å².